The molecule has 0 bridgehead atoms. The molecule has 1 aromatic heterocycles. The van der Waals surface area contributed by atoms with E-state index in [0.717, 1.165) is 50.4 Å². The molecule has 2 aliphatic heterocycles. The van der Waals surface area contributed by atoms with Crippen molar-refractivity contribution in [3.8, 4) is 0 Å². The summed E-state index contributed by atoms with van der Waals surface area (Å²) in [4.78, 5) is 25.2. The monoisotopic (exact) mass is 388 g/mol. The Hall–Kier alpha value is -1.77. The zero-order valence-corrected chi connectivity index (χ0v) is 17.1. The Balaban J connectivity index is 1.47. The van der Waals surface area contributed by atoms with Crippen LogP contribution in [0.5, 0.6) is 0 Å². The van der Waals surface area contributed by atoms with Crippen LogP contribution in [0.15, 0.2) is 12.4 Å². The third kappa shape index (κ3) is 3.99. The van der Waals surface area contributed by atoms with Crippen LogP contribution in [-0.4, -0.2) is 65.2 Å². The van der Waals surface area contributed by atoms with E-state index >= 15 is 0 Å². The molecule has 4 unspecified atom stereocenters. The quantitative estimate of drug-likeness (QED) is 0.786. The first-order valence-electron chi connectivity index (χ1n) is 10.6. The molecular weight excluding hydrogens is 356 g/mol. The minimum absolute atomic E-state index is 0.137. The summed E-state index contributed by atoms with van der Waals surface area (Å²) >= 11 is 0. The fourth-order valence-corrected chi connectivity index (χ4v) is 4.76. The van der Waals surface area contributed by atoms with Crippen molar-refractivity contribution in [2.45, 2.75) is 64.3 Å². The standard InChI is InChI=1S/C20H32N6O2/c1-4-25-7-8-26(11-19(25)27)18-10-17(21-12-22-18)20-15-9-14(28-13(2)3)5-6-16(15)23-24-20/h10,12-16,20,23-24H,4-9,11H2,1-3H3. The van der Waals surface area contributed by atoms with Crippen molar-refractivity contribution in [1.82, 2.24) is 25.7 Å². The second kappa shape index (κ2) is 8.31. The second-order valence-electron chi connectivity index (χ2n) is 8.35. The van der Waals surface area contributed by atoms with Crippen molar-refractivity contribution in [3.63, 3.8) is 0 Å². The zero-order valence-electron chi connectivity index (χ0n) is 17.1. The molecule has 8 heteroatoms. The molecule has 8 nitrogen and oxygen atoms in total. The van der Waals surface area contributed by atoms with Crippen LogP contribution in [0.4, 0.5) is 5.82 Å². The number of hydrazine groups is 1. The number of nitrogens with one attached hydrogen (secondary N) is 2. The number of amides is 1. The lowest BCUT2D eigenvalue weighted by atomic mass is 9.79. The number of nitrogens with zero attached hydrogens (tertiary/aromatic N) is 4. The van der Waals surface area contributed by atoms with Gasteiger partial charge in [0.25, 0.3) is 0 Å². The predicted molar refractivity (Wildman–Crippen MR) is 107 cm³/mol. The first kappa shape index (κ1) is 19.5. The number of fused-ring (bicyclic) bond motifs is 1. The van der Waals surface area contributed by atoms with Gasteiger partial charge in [0.15, 0.2) is 0 Å². The van der Waals surface area contributed by atoms with E-state index in [4.69, 9.17) is 4.74 Å². The van der Waals surface area contributed by atoms with Crippen molar-refractivity contribution in [1.29, 1.82) is 0 Å². The molecule has 0 spiro atoms. The van der Waals surface area contributed by atoms with Crippen LogP contribution in [0, 0.1) is 5.92 Å². The molecule has 1 amide bonds. The lowest BCUT2D eigenvalue weighted by molar-refractivity contribution is -0.130. The van der Waals surface area contributed by atoms with Crippen molar-refractivity contribution in [2.24, 2.45) is 5.92 Å². The van der Waals surface area contributed by atoms with Gasteiger partial charge in [0.1, 0.15) is 12.1 Å². The number of carbonyl (C=O) groups excluding carboxylic acids is 1. The SMILES string of the molecule is CCN1CCN(c2cc(C3NNC4CCC(OC(C)C)CC43)ncn2)CC1=O. The Labute approximate surface area is 167 Å². The average molecular weight is 389 g/mol. The number of anilines is 1. The van der Waals surface area contributed by atoms with Gasteiger partial charge < -0.3 is 14.5 Å². The normalized spacial score (nSPS) is 30.8. The molecule has 3 fully saturated rings. The molecule has 2 saturated heterocycles. The van der Waals surface area contributed by atoms with Crippen LogP contribution in [0.25, 0.3) is 0 Å². The van der Waals surface area contributed by atoms with E-state index in [0.29, 0.717) is 24.6 Å². The molecule has 4 rings (SSSR count). The summed E-state index contributed by atoms with van der Waals surface area (Å²) in [6.07, 6.45) is 5.43. The van der Waals surface area contributed by atoms with Gasteiger partial charge in [-0.3, -0.25) is 10.2 Å². The van der Waals surface area contributed by atoms with Crippen LogP contribution in [-0.2, 0) is 9.53 Å². The molecule has 3 aliphatic rings. The average Bonchev–Trinajstić information content (AvgIpc) is 3.11. The number of aromatic nitrogens is 2. The Kier molecular flexibility index (Phi) is 5.80. The number of carbonyl (C=O) groups is 1. The Morgan fingerprint density at radius 1 is 1.25 bits per heavy atom. The molecule has 3 heterocycles. The molecule has 1 aromatic rings. The van der Waals surface area contributed by atoms with Crippen LogP contribution < -0.4 is 15.8 Å². The molecule has 0 radical (unpaired) electrons. The summed E-state index contributed by atoms with van der Waals surface area (Å²) in [6.45, 7) is 8.93. The fraction of sp³-hybridized carbons (Fsp3) is 0.750. The fourth-order valence-electron chi connectivity index (χ4n) is 4.76. The molecule has 154 valence electrons. The summed E-state index contributed by atoms with van der Waals surface area (Å²) in [5, 5.41) is 0. The zero-order chi connectivity index (χ0) is 19.7. The molecule has 1 aliphatic carbocycles. The van der Waals surface area contributed by atoms with Gasteiger partial charge in [-0.05, 0) is 40.0 Å². The van der Waals surface area contributed by atoms with E-state index < -0.39 is 0 Å². The van der Waals surface area contributed by atoms with E-state index in [-0.39, 0.29) is 18.1 Å². The Morgan fingerprint density at radius 2 is 2.11 bits per heavy atom. The van der Waals surface area contributed by atoms with E-state index in [1.165, 1.54) is 0 Å². The van der Waals surface area contributed by atoms with Gasteiger partial charge in [0.2, 0.25) is 5.91 Å². The number of rotatable bonds is 5. The van der Waals surface area contributed by atoms with Crippen LogP contribution in [0.1, 0.15) is 51.8 Å². The van der Waals surface area contributed by atoms with Crippen LogP contribution in [0.2, 0.25) is 0 Å². The third-order valence-corrected chi connectivity index (χ3v) is 6.19. The van der Waals surface area contributed by atoms with E-state index in [1.54, 1.807) is 6.33 Å². The minimum Gasteiger partial charge on any atom is -0.376 e. The van der Waals surface area contributed by atoms with Crippen molar-refractivity contribution in [2.75, 3.05) is 31.1 Å². The van der Waals surface area contributed by atoms with Crippen molar-refractivity contribution in [3.05, 3.63) is 18.1 Å². The van der Waals surface area contributed by atoms with Gasteiger partial charge in [-0.1, -0.05) is 0 Å². The summed E-state index contributed by atoms with van der Waals surface area (Å²) in [7, 11) is 0. The molecule has 28 heavy (non-hydrogen) atoms. The minimum atomic E-state index is 0.137. The van der Waals surface area contributed by atoms with Gasteiger partial charge in [-0.2, -0.15) is 0 Å². The highest BCUT2D eigenvalue weighted by molar-refractivity contribution is 5.82. The first-order chi connectivity index (χ1) is 13.5. The Morgan fingerprint density at radius 3 is 2.86 bits per heavy atom. The van der Waals surface area contributed by atoms with Crippen LogP contribution in [0.3, 0.4) is 0 Å². The number of hydrogen-bond donors (Lipinski definition) is 2. The molecular formula is C20H32N6O2. The maximum Gasteiger partial charge on any atom is 0.242 e. The van der Waals surface area contributed by atoms with E-state index in [2.05, 4.69) is 39.6 Å². The maximum absolute atomic E-state index is 12.3. The lowest BCUT2D eigenvalue weighted by Crippen LogP contribution is -2.50. The smallest absolute Gasteiger partial charge is 0.242 e. The van der Waals surface area contributed by atoms with E-state index in [9.17, 15) is 4.79 Å². The summed E-state index contributed by atoms with van der Waals surface area (Å²) < 4.78 is 6.10. The van der Waals surface area contributed by atoms with Gasteiger partial charge in [0, 0.05) is 37.7 Å². The predicted octanol–water partition coefficient (Wildman–Crippen LogP) is 1.26. The van der Waals surface area contributed by atoms with Crippen molar-refractivity contribution < 1.29 is 9.53 Å². The van der Waals surface area contributed by atoms with E-state index in [1.807, 2.05) is 17.9 Å². The topological polar surface area (TPSA) is 82.6 Å². The largest absolute Gasteiger partial charge is 0.376 e. The summed E-state index contributed by atoms with van der Waals surface area (Å²) in [6, 6.07) is 2.63. The molecule has 2 N–H and O–H groups in total. The van der Waals surface area contributed by atoms with Crippen LogP contribution >= 0.6 is 0 Å². The summed E-state index contributed by atoms with van der Waals surface area (Å²) in [5.41, 5.74) is 7.90. The van der Waals surface area contributed by atoms with Gasteiger partial charge >= 0.3 is 0 Å². The molecule has 0 aromatic carbocycles. The molecule has 4 atom stereocenters. The highest BCUT2D eigenvalue weighted by Crippen LogP contribution is 2.39. The van der Waals surface area contributed by atoms with Gasteiger partial charge in [-0.15, -0.1) is 0 Å². The lowest BCUT2D eigenvalue weighted by Gasteiger charge is -2.35. The first-order valence-corrected chi connectivity index (χ1v) is 10.6. The highest BCUT2D eigenvalue weighted by atomic mass is 16.5. The maximum atomic E-state index is 12.3. The van der Waals surface area contributed by atoms with Gasteiger partial charge in [0.05, 0.1) is 30.5 Å². The number of hydrogen-bond acceptors (Lipinski definition) is 7. The Bertz CT molecular complexity index is 699. The molecule has 1 saturated carbocycles. The highest BCUT2D eigenvalue weighted by Gasteiger charge is 2.42. The summed E-state index contributed by atoms with van der Waals surface area (Å²) in [5.74, 6) is 1.44. The number of ether oxygens (including phenoxy) is 1. The second-order valence-corrected chi connectivity index (χ2v) is 8.35. The number of likely N-dealkylation sites (N-methyl/N-ethyl adjacent to an activating group) is 1. The third-order valence-electron chi connectivity index (χ3n) is 6.19. The van der Waals surface area contributed by atoms with Gasteiger partial charge in [-0.25, -0.2) is 15.4 Å². The number of piperazine rings is 1. The van der Waals surface area contributed by atoms with Crippen molar-refractivity contribution >= 4 is 11.7 Å².